The summed E-state index contributed by atoms with van der Waals surface area (Å²) in [5.41, 5.74) is 1.62. The van der Waals surface area contributed by atoms with Crippen molar-refractivity contribution in [1.29, 1.82) is 0 Å². The molecular weight excluding hydrogens is 194 g/mol. The molecule has 1 aromatic rings. The summed E-state index contributed by atoms with van der Waals surface area (Å²) >= 11 is 0. The van der Waals surface area contributed by atoms with E-state index in [1.165, 1.54) is 0 Å². The second-order valence-electron chi connectivity index (χ2n) is 3.29. The minimum absolute atomic E-state index is 0.157. The Bertz CT molecular complexity index is 353. The van der Waals surface area contributed by atoms with Crippen LogP contribution in [0.3, 0.4) is 0 Å². The van der Waals surface area contributed by atoms with E-state index in [4.69, 9.17) is 0 Å². The van der Waals surface area contributed by atoms with E-state index in [1.807, 2.05) is 13.1 Å². The number of hydrogen-bond acceptors (Lipinski definition) is 4. The predicted molar refractivity (Wildman–Crippen MR) is 60.2 cm³/mol. The zero-order chi connectivity index (χ0) is 11.3. The lowest BCUT2D eigenvalue weighted by Gasteiger charge is -2.06. The number of hydrogen-bond donors (Lipinski definition) is 2. The Balaban J connectivity index is 2.74. The van der Waals surface area contributed by atoms with E-state index in [1.54, 1.807) is 19.1 Å². The molecule has 0 atom stereocenters. The summed E-state index contributed by atoms with van der Waals surface area (Å²) in [5, 5.41) is 16.8. The van der Waals surface area contributed by atoms with Crippen LogP contribution in [0.5, 0.6) is 0 Å². The zero-order valence-electron chi connectivity index (χ0n) is 8.91. The van der Waals surface area contributed by atoms with E-state index < -0.39 is 0 Å². The molecule has 15 heavy (non-hydrogen) atoms. The average molecular weight is 209 g/mol. The van der Waals surface area contributed by atoms with Gasteiger partial charge in [-0.1, -0.05) is 6.07 Å². The smallest absolute Gasteiger partial charge is 0.274 e. The minimum Gasteiger partial charge on any atom is -0.384 e. The van der Waals surface area contributed by atoms with Crippen molar-refractivity contribution in [3.05, 3.63) is 33.9 Å². The minimum atomic E-state index is -0.363. The number of nitro groups is 1. The monoisotopic (exact) mass is 209 g/mol. The Morgan fingerprint density at radius 3 is 2.73 bits per heavy atom. The summed E-state index contributed by atoms with van der Waals surface area (Å²) < 4.78 is 0. The van der Waals surface area contributed by atoms with Crippen LogP contribution in [-0.4, -0.2) is 25.1 Å². The molecule has 0 aliphatic rings. The van der Waals surface area contributed by atoms with Crippen molar-refractivity contribution < 1.29 is 4.92 Å². The molecule has 0 unspecified atom stereocenters. The molecule has 5 nitrogen and oxygen atoms in total. The fourth-order valence-electron chi connectivity index (χ4n) is 1.25. The Hall–Kier alpha value is -1.62. The highest BCUT2D eigenvalue weighted by atomic mass is 16.6. The van der Waals surface area contributed by atoms with Crippen LogP contribution >= 0.6 is 0 Å². The third kappa shape index (κ3) is 3.21. The Kier molecular flexibility index (Phi) is 4.05. The predicted octanol–water partition coefficient (Wildman–Crippen LogP) is 1.53. The van der Waals surface area contributed by atoms with Crippen LogP contribution in [0.2, 0.25) is 0 Å². The van der Waals surface area contributed by atoms with Crippen molar-refractivity contribution in [3.63, 3.8) is 0 Å². The van der Waals surface area contributed by atoms with Crippen LogP contribution in [-0.2, 0) is 0 Å². The van der Waals surface area contributed by atoms with Crippen molar-refractivity contribution >= 4 is 11.4 Å². The highest BCUT2D eigenvalue weighted by Crippen LogP contribution is 2.21. The maximum absolute atomic E-state index is 10.7. The molecule has 82 valence electrons. The van der Waals surface area contributed by atoms with Crippen molar-refractivity contribution in [1.82, 2.24) is 5.32 Å². The summed E-state index contributed by atoms with van der Waals surface area (Å²) in [5.74, 6) is 0. The van der Waals surface area contributed by atoms with E-state index in [0.29, 0.717) is 5.56 Å². The first-order chi connectivity index (χ1) is 7.15. The van der Waals surface area contributed by atoms with Gasteiger partial charge >= 0.3 is 0 Å². The van der Waals surface area contributed by atoms with Gasteiger partial charge in [0.15, 0.2) is 0 Å². The summed E-state index contributed by atoms with van der Waals surface area (Å²) in [4.78, 5) is 10.3. The Morgan fingerprint density at radius 1 is 1.40 bits per heavy atom. The summed E-state index contributed by atoms with van der Waals surface area (Å²) in [7, 11) is 1.86. The van der Waals surface area contributed by atoms with Gasteiger partial charge in [0.05, 0.1) is 4.92 Å². The fourth-order valence-corrected chi connectivity index (χ4v) is 1.25. The lowest BCUT2D eigenvalue weighted by molar-refractivity contribution is -0.385. The van der Waals surface area contributed by atoms with E-state index in [2.05, 4.69) is 10.6 Å². The van der Waals surface area contributed by atoms with Gasteiger partial charge in [0.2, 0.25) is 0 Å². The molecule has 1 aromatic carbocycles. The summed E-state index contributed by atoms with van der Waals surface area (Å²) in [6.07, 6.45) is 0. The van der Waals surface area contributed by atoms with Crippen LogP contribution in [0.4, 0.5) is 11.4 Å². The fraction of sp³-hybridized carbons (Fsp3) is 0.400. The summed E-state index contributed by atoms with van der Waals surface area (Å²) in [6.45, 7) is 3.30. The second-order valence-corrected chi connectivity index (χ2v) is 3.29. The van der Waals surface area contributed by atoms with E-state index in [9.17, 15) is 10.1 Å². The third-order valence-electron chi connectivity index (χ3n) is 2.11. The molecule has 0 saturated heterocycles. The van der Waals surface area contributed by atoms with E-state index in [0.717, 1.165) is 18.8 Å². The molecular formula is C10H15N3O2. The molecule has 0 aliphatic carbocycles. The SMILES string of the molecule is CNCCNc1ccc(C)c([N+](=O)[O-])c1. The lowest BCUT2D eigenvalue weighted by atomic mass is 10.2. The summed E-state index contributed by atoms with van der Waals surface area (Å²) in [6, 6.07) is 5.16. The number of nitrogens with zero attached hydrogens (tertiary/aromatic N) is 1. The zero-order valence-corrected chi connectivity index (χ0v) is 8.91. The quantitative estimate of drug-likeness (QED) is 0.438. The number of rotatable bonds is 5. The highest BCUT2D eigenvalue weighted by Gasteiger charge is 2.10. The van der Waals surface area contributed by atoms with Gasteiger partial charge < -0.3 is 10.6 Å². The number of anilines is 1. The molecule has 0 bridgehead atoms. The number of benzene rings is 1. The molecule has 0 heterocycles. The van der Waals surface area contributed by atoms with E-state index in [-0.39, 0.29) is 10.6 Å². The number of aryl methyl sites for hydroxylation is 1. The van der Waals surface area contributed by atoms with Crippen LogP contribution in [0.1, 0.15) is 5.56 Å². The number of nitro benzene ring substituents is 1. The van der Waals surface area contributed by atoms with Crippen molar-refractivity contribution in [3.8, 4) is 0 Å². The second kappa shape index (κ2) is 5.31. The first kappa shape index (κ1) is 11.5. The lowest BCUT2D eigenvalue weighted by Crippen LogP contribution is -2.17. The molecule has 0 aromatic heterocycles. The van der Waals surface area contributed by atoms with Crippen molar-refractivity contribution in [2.24, 2.45) is 0 Å². The Morgan fingerprint density at radius 2 is 2.13 bits per heavy atom. The van der Waals surface area contributed by atoms with Crippen LogP contribution in [0, 0.1) is 17.0 Å². The van der Waals surface area contributed by atoms with Crippen LogP contribution < -0.4 is 10.6 Å². The molecule has 0 radical (unpaired) electrons. The highest BCUT2D eigenvalue weighted by molar-refractivity contribution is 5.54. The van der Waals surface area contributed by atoms with Gasteiger partial charge in [-0.05, 0) is 20.0 Å². The molecule has 2 N–H and O–H groups in total. The van der Waals surface area contributed by atoms with Gasteiger partial charge in [0.25, 0.3) is 5.69 Å². The molecule has 0 amide bonds. The van der Waals surface area contributed by atoms with Gasteiger partial charge in [-0.2, -0.15) is 0 Å². The van der Waals surface area contributed by atoms with Crippen LogP contribution in [0.15, 0.2) is 18.2 Å². The van der Waals surface area contributed by atoms with Gasteiger partial charge in [0.1, 0.15) is 0 Å². The van der Waals surface area contributed by atoms with Gasteiger partial charge in [-0.3, -0.25) is 10.1 Å². The number of nitrogens with one attached hydrogen (secondary N) is 2. The largest absolute Gasteiger partial charge is 0.384 e. The Labute approximate surface area is 88.6 Å². The van der Waals surface area contributed by atoms with Gasteiger partial charge in [-0.15, -0.1) is 0 Å². The van der Waals surface area contributed by atoms with Gasteiger partial charge in [-0.25, -0.2) is 0 Å². The van der Waals surface area contributed by atoms with Crippen molar-refractivity contribution in [2.45, 2.75) is 6.92 Å². The van der Waals surface area contributed by atoms with Gasteiger partial charge in [0, 0.05) is 30.4 Å². The van der Waals surface area contributed by atoms with Crippen molar-refractivity contribution in [2.75, 3.05) is 25.5 Å². The molecule has 0 fully saturated rings. The van der Waals surface area contributed by atoms with E-state index >= 15 is 0 Å². The van der Waals surface area contributed by atoms with Crippen LogP contribution in [0.25, 0.3) is 0 Å². The molecule has 0 aliphatic heterocycles. The third-order valence-corrected chi connectivity index (χ3v) is 2.11. The molecule has 1 rings (SSSR count). The first-order valence-corrected chi connectivity index (χ1v) is 4.78. The molecule has 5 heteroatoms. The number of likely N-dealkylation sites (N-methyl/N-ethyl adjacent to an activating group) is 1. The first-order valence-electron chi connectivity index (χ1n) is 4.78. The normalized spacial score (nSPS) is 10.0. The molecule has 0 saturated carbocycles. The maximum Gasteiger partial charge on any atom is 0.274 e. The topological polar surface area (TPSA) is 67.2 Å². The molecule has 0 spiro atoms. The average Bonchev–Trinajstić information content (AvgIpc) is 2.20. The standard InChI is InChI=1S/C10H15N3O2/c1-8-3-4-9(12-6-5-11-2)7-10(8)13(14)15/h3-4,7,11-12H,5-6H2,1-2H3. The maximum atomic E-state index is 10.7.